The molecule has 0 aliphatic heterocycles. The number of nitrogens with two attached hydrogens (primary N) is 1. The molecule has 0 saturated carbocycles. The number of thioether (sulfide) groups is 1. The minimum atomic E-state index is -0.529. The van der Waals surface area contributed by atoms with Crippen LogP contribution in [0, 0.1) is 5.41 Å². The zero-order valence-corrected chi connectivity index (χ0v) is 9.54. The predicted molar refractivity (Wildman–Crippen MR) is 58.9 cm³/mol. The minimum absolute atomic E-state index is 0.189. The molecule has 0 aromatic carbocycles. The van der Waals surface area contributed by atoms with E-state index in [4.69, 9.17) is 5.84 Å². The summed E-state index contributed by atoms with van der Waals surface area (Å²) in [5.74, 6) is 5.48. The van der Waals surface area contributed by atoms with E-state index in [0.29, 0.717) is 10.9 Å². The van der Waals surface area contributed by atoms with Gasteiger partial charge in [0, 0.05) is 18.1 Å². The van der Waals surface area contributed by atoms with E-state index in [1.807, 2.05) is 13.8 Å². The summed E-state index contributed by atoms with van der Waals surface area (Å²) in [6.07, 6.45) is 3.34. The first-order valence-electron chi connectivity index (χ1n) is 4.47. The van der Waals surface area contributed by atoms with E-state index >= 15 is 0 Å². The van der Waals surface area contributed by atoms with Crippen molar-refractivity contribution in [1.82, 2.24) is 15.4 Å². The van der Waals surface area contributed by atoms with Crippen LogP contribution in [0.2, 0.25) is 0 Å². The van der Waals surface area contributed by atoms with Gasteiger partial charge in [0.1, 0.15) is 0 Å². The highest BCUT2D eigenvalue weighted by molar-refractivity contribution is 7.99. The van der Waals surface area contributed by atoms with E-state index in [0.717, 1.165) is 0 Å². The van der Waals surface area contributed by atoms with Crippen LogP contribution in [0.1, 0.15) is 13.8 Å². The first kappa shape index (κ1) is 11.9. The van der Waals surface area contributed by atoms with Crippen molar-refractivity contribution < 1.29 is 4.79 Å². The molecule has 6 heteroatoms. The smallest absolute Gasteiger partial charge is 0.240 e. The fraction of sp³-hybridized carbons (Fsp3) is 0.444. The average molecular weight is 226 g/mol. The van der Waals surface area contributed by atoms with Gasteiger partial charge in [0.15, 0.2) is 5.16 Å². The summed E-state index contributed by atoms with van der Waals surface area (Å²) >= 11 is 1.43. The lowest BCUT2D eigenvalue weighted by Gasteiger charge is -2.20. The summed E-state index contributed by atoms with van der Waals surface area (Å²) in [6, 6.07) is 1.75. The number of hydrogen-bond acceptors (Lipinski definition) is 5. The molecule has 1 rings (SSSR count). The van der Waals surface area contributed by atoms with Crippen molar-refractivity contribution in [3.8, 4) is 0 Å². The first-order chi connectivity index (χ1) is 7.06. The lowest BCUT2D eigenvalue weighted by molar-refractivity contribution is -0.128. The molecule has 5 nitrogen and oxygen atoms in total. The van der Waals surface area contributed by atoms with Crippen LogP contribution in [0.3, 0.4) is 0 Å². The molecule has 15 heavy (non-hydrogen) atoms. The molecule has 0 aliphatic carbocycles. The van der Waals surface area contributed by atoms with E-state index in [1.165, 1.54) is 11.8 Å². The van der Waals surface area contributed by atoms with Gasteiger partial charge < -0.3 is 0 Å². The van der Waals surface area contributed by atoms with Gasteiger partial charge in [0.2, 0.25) is 5.91 Å². The Labute approximate surface area is 92.8 Å². The topological polar surface area (TPSA) is 80.9 Å². The van der Waals surface area contributed by atoms with E-state index in [2.05, 4.69) is 15.4 Å². The molecule has 82 valence electrons. The molecular weight excluding hydrogens is 212 g/mol. The van der Waals surface area contributed by atoms with Crippen molar-refractivity contribution in [2.45, 2.75) is 19.0 Å². The lowest BCUT2D eigenvalue weighted by Crippen LogP contribution is -2.42. The van der Waals surface area contributed by atoms with Crippen LogP contribution in [-0.2, 0) is 4.79 Å². The molecule has 0 spiro atoms. The number of nitrogens with one attached hydrogen (secondary N) is 1. The van der Waals surface area contributed by atoms with Crippen molar-refractivity contribution in [2.24, 2.45) is 11.3 Å². The number of hydrogen-bond donors (Lipinski definition) is 2. The van der Waals surface area contributed by atoms with Gasteiger partial charge in [-0.15, -0.1) is 0 Å². The number of aromatic nitrogens is 2. The summed E-state index contributed by atoms with van der Waals surface area (Å²) in [4.78, 5) is 19.5. The van der Waals surface area contributed by atoms with Crippen molar-refractivity contribution in [1.29, 1.82) is 0 Å². The van der Waals surface area contributed by atoms with Crippen LogP contribution in [-0.4, -0.2) is 21.6 Å². The lowest BCUT2D eigenvalue weighted by atomic mass is 9.96. The van der Waals surface area contributed by atoms with Gasteiger partial charge in [-0.3, -0.25) is 10.2 Å². The number of carbonyl (C=O) groups is 1. The van der Waals surface area contributed by atoms with Gasteiger partial charge in [-0.25, -0.2) is 15.8 Å². The van der Waals surface area contributed by atoms with Gasteiger partial charge in [0.05, 0.1) is 5.41 Å². The largest absolute Gasteiger partial charge is 0.294 e. The Morgan fingerprint density at radius 1 is 1.53 bits per heavy atom. The fourth-order valence-electron chi connectivity index (χ4n) is 0.866. The summed E-state index contributed by atoms with van der Waals surface area (Å²) in [5, 5.41) is 0.662. The standard InChI is InChI=1S/C9H14N4OS/c1-9(2,7(14)13-10)6-15-8-11-4-3-5-12-8/h3-5H,6,10H2,1-2H3,(H,13,14). The Morgan fingerprint density at radius 2 is 2.13 bits per heavy atom. The van der Waals surface area contributed by atoms with Gasteiger partial charge in [-0.05, 0) is 6.07 Å². The monoisotopic (exact) mass is 226 g/mol. The van der Waals surface area contributed by atoms with Crippen molar-refractivity contribution in [2.75, 3.05) is 5.75 Å². The molecule has 0 saturated heterocycles. The Kier molecular flexibility index (Phi) is 4.05. The van der Waals surface area contributed by atoms with Crippen molar-refractivity contribution in [3.63, 3.8) is 0 Å². The Hall–Kier alpha value is -1.14. The molecule has 0 unspecified atom stereocenters. The Bertz CT molecular complexity index is 328. The van der Waals surface area contributed by atoms with Crippen LogP contribution in [0.5, 0.6) is 0 Å². The molecule has 1 aromatic rings. The number of nitrogens with zero attached hydrogens (tertiary/aromatic N) is 2. The Balaban J connectivity index is 2.53. The maximum atomic E-state index is 11.4. The van der Waals surface area contributed by atoms with E-state index in [9.17, 15) is 4.79 Å². The highest BCUT2D eigenvalue weighted by Crippen LogP contribution is 2.24. The molecular formula is C9H14N4OS. The third kappa shape index (κ3) is 3.49. The molecule has 1 heterocycles. The maximum absolute atomic E-state index is 11.4. The molecule has 0 bridgehead atoms. The molecule has 0 atom stereocenters. The van der Waals surface area contributed by atoms with Crippen LogP contribution in [0.4, 0.5) is 0 Å². The van der Waals surface area contributed by atoms with Crippen LogP contribution in [0.15, 0.2) is 23.6 Å². The fourth-order valence-corrected chi connectivity index (χ4v) is 1.76. The number of hydrazine groups is 1. The minimum Gasteiger partial charge on any atom is -0.294 e. The predicted octanol–water partition coefficient (Wildman–Crippen LogP) is 0.585. The second kappa shape index (κ2) is 5.09. The SMILES string of the molecule is CC(C)(CSc1ncccn1)C(=O)NN. The number of rotatable bonds is 4. The quantitative estimate of drug-likeness (QED) is 0.258. The highest BCUT2D eigenvalue weighted by Gasteiger charge is 2.27. The van der Waals surface area contributed by atoms with Crippen molar-refractivity contribution in [3.05, 3.63) is 18.5 Å². The molecule has 1 amide bonds. The van der Waals surface area contributed by atoms with E-state index in [1.54, 1.807) is 18.5 Å². The molecule has 3 N–H and O–H groups in total. The molecule has 0 radical (unpaired) electrons. The Morgan fingerprint density at radius 3 is 2.67 bits per heavy atom. The molecule has 0 aliphatic rings. The zero-order chi connectivity index (χ0) is 11.3. The van der Waals surface area contributed by atoms with Crippen LogP contribution < -0.4 is 11.3 Å². The van der Waals surface area contributed by atoms with Crippen LogP contribution >= 0.6 is 11.8 Å². The van der Waals surface area contributed by atoms with Gasteiger partial charge in [-0.2, -0.15) is 0 Å². The summed E-state index contributed by atoms with van der Waals surface area (Å²) in [7, 11) is 0. The second-order valence-electron chi connectivity index (χ2n) is 3.68. The summed E-state index contributed by atoms with van der Waals surface area (Å²) in [5.41, 5.74) is 1.62. The third-order valence-corrected chi connectivity index (χ3v) is 3.19. The van der Waals surface area contributed by atoms with Crippen LogP contribution in [0.25, 0.3) is 0 Å². The zero-order valence-electron chi connectivity index (χ0n) is 8.73. The normalized spacial score (nSPS) is 11.1. The third-order valence-electron chi connectivity index (χ3n) is 1.85. The molecule has 1 aromatic heterocycles. The van der Waals surface area contributed by atoms with Gasteiger partial charge in [-0.1, -0.05) is 25.6 Å². The maximum Gasteiger partial charge on any atom is 0.240 e. The van der Waals surface area contributed by atoms with E-state index < -0.39 is 5.41 Å². The van der Waals surface area contributed by atoms with Gasteiger partial charge >= 0.3 is 0 Å². The molecule has 0 fully saturated rings. The van der Waals surface area contributed by atoms with Crippen molar-refractivity contribution >= 4 is 17.7 Å². The number of amides is 1. The summed E-state index contributed by atoms with van der Waals surface area (Å²) in [6.45, 7) is 3.65. The summed E-state index contributed by atoms with van der Waals surface area (Å²) < 4.78 is 0. The highest BCUT2D eigenvalue weighted by atomic mass is 32.2. The second-order valence-corrected chi connectivity index (χ2v) is 4.62. The number of carbonyl (C=O) groups excluding carboxylic acids is 1. The van der Waals surface area contributed by atoms with Gasteiger partial charge in [0.25, 0.3) is 0 Å². The van der Waals surface area contributed by atoms with E-state index in [-0.39, 0.29) is 5.91 Å². The first-order valence-corrected chi connectivity index (χ1v) is 5.46. The average Bonchev–Trinajstić information content (AvgIpc) is 2.27.